The van der Waals surface area contributed by atoms with Crippen LogP contribution in [-0.4, -0.2) is 126 Å². The summed E-state index contributed by atoms with van der Waals surface area (Å²) in [6.45, 7) is 6.25. The predicted molar refractivity (Wildman–Crippen MR) is 214 cm³/mol. The van der Waals surface area contributed by atoms with Crippen molar-refractivity contribution < 1.29 is 28.5 Å². The van der Waals surface area contributed by atoms with E-state index in [4.69, 9.17) is 18.9 Å². The Morgan fingerprint density at radius 2 is 1.22 bits per heavy atom. The zero-order chi connectivity index (χ0) is 40.4. The molecule has 6 aromatic heterocycles. The first kappa shape index (κ1) is 40.6. The number of aromatic nitrogens is 10. The van der Waals surface area contributed by atoms with Gasteiger partial charge in [0.1, 0.15) is 12.7 Å². The second-order valence-corrected chi connectivity index (χ2v) is 14.7. The van der Waals surface area contributed by atoms with Crippen molar-refractivity contribution in [2.24, 2.45) is 0 Å². The summed E-state index contributed by atoms with van der Waals surface area (Å²) in [5.41, 5.74) is 5.13. The lowest BCUT2D eigenvalue weighted by Crippen LogP contribution is -2.39. The lowest BCUT2D eigenvalue weighted by Gasteiger charge is -2.29. The summed E-state index contributed by atoms with van der Waals surface area (Å²) < 4.78 is 25.2. The van der Waals surface area contributed by atoms with Crippen LogP contribution < -0.4 is 10.6 Å². The minimum atomic E-state index is -0.193. The number of methoxy groups -OCH3 is 2. The Morgan fingerprint density at radius 1 is 0.707 bits per heavy atom. The van der Waals surface area contributed by atoms with Crippen LogP contribution in [-0.2, 0) is 18.9 Å². The number of carbonyl (C=O) groups is 2. The van der Waals surface area contributed by atoms with Gasteiger partial charge in [0, 0.05) is 56.8 Å². The van der Waals surface area contributed by atoms with Crippen molar-refractivity contribution in [2.75, 3.05) is 40.6 Å². The molecule has 2 amide bonds. The minimum Gasteiger partial charge on any atom is -0.382 e. The number of nitrogens with one attached hydrogen (secondary N) is 4. The standard InChI is InChI=1S/2C20H26N6O3/c1-13-11-21-12-26(13)20-24-16-7-8-22-17(16)18(25-20)19(27)23-14-3-5-15(6-4-14)29-10-9-28-2;1-13-11-26(12-22-13)20-24-16-7-8-21-17(16)18(25-20)19(27)23-14-3-5-15(6-4-14)29-10-9-28-2/h7-8,11-12,14-15,22H,3-6,9-10H2,1-2H3,(H,23,27);7-8,11-12,14-15,21H,3-6,9-10H2,1-2H3,(H,23,27). The van der Waals surface area contributed by atoms with E-state index >= 15 is 0 Å². The number of amides is 2. The Balaban J connectivity index is 0.000000177. The molecule has 0 unspecified atom stereocenters. The van der Waals surface area contributed by atoms with Gasteiger partial charge in [-0.1, -0.05) is 0 Å². The zero-order valence-corrected chi connectivity index (χ0v) is 33.4. The Bertz CT molecular complexity index is 2260. The Morgan fingerprint density at radius 3 is 1.69 bits per heavy atom. The number of nitrogens with zero attached hydrogens (tertiary/aromatic N) is 8. The number of hydrogen-bond acceptors (Lipinski definition) is 12. The molecule has 308 valence electrons. The number of imidazole rings is 2. The van der Waals surface area contributed by atoms with Crippen LogP contribution in [0.4, 0.5) is 0 Å². The molecular formula is C40H52N12O6. The van der Waals surface area contributed by atoms with E-state index in [1.54, 1.807) is 54.6 Å². The molecule has 0 atom stereocenters. The summed E-state index contributed by atoms with van der Waals surface area (Å²) in [5, 5.41) is 6.27. The molecule has 8 rings (SSSR count). The van der Waals surface area contributed by atoms with Crippen molar-refractivity contribution in [1.29, 1.82) is 0 Å². The SMILES string of the molecule is COCCOC1CCC(NC(=O)c2nc(-n3cnc(C)c3)nc3cc[nH]c23)CC1.COCCOC1CCC(NC(=O)c2nc(-n3cncc3C)nc3cc[nH]c23)CC1. The highest BCUT2D eigenvalue weighted by Crippen LogP contribution is 2.24. The number of carbonyl (C=O) groups excluding carboxylic acids is 2. The van der Waals surface area contributed by atoms with E-state index < -0.39 is 0 Å². The summed E-state index contributed by atoms with van der Waals surface area (Å²) in [7, 11) is 3.34. The van der Waals surface area contributed by atoms with Crippen LogP contribution in [0.25, 0.3) is 34.0 Å². The van der Waals surface area contributed by atoms with Crippen LogP contribution in [0.15, 0.2) is 49.6 Å². The van der Waals surface area contributed by atoms with Gasteiger partial charge >= 0.3 is 0 Å². The van der Waals surface area contributed by atoms with Gasteiger partial charge in [-0.2, -0.15) is 0 Å². The molecule has 0 aromatic carbocycles. The smallest absolute Gasteiger partial charge is 0.272 e. The summed E-state index contributed by atoms with van der Waals surface area (Å²) in [5.74, 6) is 0.481. The summed E-state index contributed by atoms with van der Waals surface area (Å²) in [6, 6.07) is 3.90. The largest absolute Gasteiger partial charge is 0.382 e. The minimum absolute atomic E-state index is 0.114. The van der Waals surface area contributed by atoms with E-state index in [1.165, 1.54) is 0 Å². The highest BCUT2D eigenvalue weighted by Gasteiger charge is 2.27. The fraction of sp³-hybridized carbons (Fsp3) is 0.500. The molecule has 58 heavy (non-hydrogen) atoms. The molecule has 2 saturated carbocycles. The normalized spacial score (nSPS) is 19.5. The number of H-pyrrole nitrogens is 2. The first-order valence-electron chi connectivity index (χ1n) is 19.8. The highest BCUT2D eigenvalue weighted by molar-refractivity contribution is 6.04. The molecule has 2 aliphatic carbocycles. The van der Waals surface area contributed by atoms with Crippen LogP contribution in [0, 0.1) is 13.8 Å². The number of aromatic amines is 2. The molecule has 18 nitrogen and oxygen atoms in total. The third-order valence-electron chi connectivity index (χ3n) is 10.5. The quantitative estimate of drug-likeness (QED) is 0.114. The van der Waals surface area contributed by atoms with E-state index in [0.29, 0.717) is 71.8 Å². The molecule has 4 N–H and O–H groups in total. The maximum atomic E-state index is 13.0. The van der Waals surface area contributed by atoms with Gasteiger partial charge in [0.15, 0.2) is 11.4 Å². The van der Waals surface area contributed by atoms with Crippen LogP contribution in [0.1, 0.15) is 83.7 Å². The molecule has 2 fully saturated rings. The molecule has 0 bridgehead atoms. The molecule has 0 radical (unpaired) electrons. The Hall–Kier alpha value is -5.56. The van der Waals surface area contributed by atoms with Gasteiger partial charge in [-0.3, -0.25) is 18.7 Å². The maximum Gasteiger partial charge on any atom is 0.272 e. The molecule has 6 aromatic rings. The van der Waals surface area contributed by atoms with Crippen molar-refractivity contribution in [3.8, 4) is 11.9 Å². The van der Waals surface area contributed by atoms with Gasteiger partial charge in [-0.25, -0.2) is 29.9 Å². The van der Waals surface area contributed by atoms with Gasteiger partial charge < -0.3 is 39.5 Å². The summed E-state index contributed by atoms with van der Waals surface area (Å²) in [4.78, 5) is 58.7. The first-order chi connectivity index (χ1) is 28.3. The van der Waals surface area contributed by atoms with Crippen LogP contribution in [0.5, 0.6) is 0 Å². The van der Waals surface area contributed by atoms with E-state index in [2.05, 4.69) is 50.5 Å². The topological polar surface area (TPSA) is 214 Å². The summed E-state index contributed by atoms with van der Waals surface area (Å²) >= 11 is 0. The van der Waals surface area contributed by atoms with Gasteiger partial charge in [-0.15, -0.1) is 0 Å². The van der Waals surface area contributed by atoms with Crippen LogP contribution in [0.2, 0.25) is 0 Å². The van der Waals surface area contributed by atoms with Crippen molar-refractivity contribution >= 4 is 33.9 Å². The molecule has 0 aliphatic heterocycles. The third kappa shape index (κ3) is 9.93. The van der Waals surface area contributed by atoms with Crippen LogP contribution >= 0.6 is 0 Å². The second kappa shape index (κ2) is 19.3. The lowest BCUT2D eigenvalue weighted by molar-refractivity contribution is -0.00410. The molecular weight excluding hydrogens is 745 g/mol. The van der Waals surface area contributed by atoms with Crippen LogP contribution in [0.3, 0.4) is 0 Å². The monoisotopic (exact) mass is 796 g/mol. The second-order valence-electron chi connectivity index (χ2n) is 14.7. The Labute approximate surface area is 335 Å². The maximum absolute atomic E-state index is 13.0. The van der Waals surface area contributed by atoms with Gasteiger partial charge in [0.25, 0.3) is 11.8 Å². The highest BCUT2D eigenvalue weighted by atomic mass is 16.5. The molecule has 6 heterocycles. The number of aryl methyl sites for hydroxylation is 2. The van der Waals surface area contributed by atoms with E-state index in [0.717, 1.165) is 62.8 Å². The average molecular weight is 797 g/mol. The number of rotatable bonds is 14. The van der Waals surface area contributed by atoms with E-state index in [-0.39, 0.29) is 36.1 Å². The third-order valence-corrected chi connectivity index (χ3v) is 10.5. The van der Waals surface area contributed by atoms with Gasteiger partial charge in [0.05, 0.1) is 66.4 Å². The summed E-state index contributed by atoms with van der Waals surface area (Å²) in [6.07, 6.45) is 18.1. The van der Waals surface area contributed by atoms with E-state index in [1.807, 2.05) is 32.2 Å². The first-order valence-corrected chi connectivity index (χ1v) is 19.8. The zero-order valence-electron chi connectivity index (χ0n) is 33.4. The van der Waals surface area contributed by atoms with Crippen molar-refractivity contribution in [3.05, 3.63) is 72.4 Å². The van der Waals surface area contributed by atoms with Gasteiger partial charge in [0.2, 0.25) is 11.9 Å². The van der Waals surface area contributed by atoms with E-state index in [9.17, 15) is 9.59 Å². The average Bonchev–Trinajstić information content (AvgIpc) is 4.07. The lowest BCUT2D eigenvalue weighted by atomic mass is 9.93. The molecule has 18 heteroatoms. The fourth-order valence-electron chi connectivity index (χ4n) is 7.37. The number of fused-ring (bicyclic) bond motifs is 2. The predicted octanol–water partition coefficient (Wildman–Crippen LogP) is 4.31. The van der Waals surface area contributed by atoms with Crippen molar-refractivity contribution in [1.82, 2.24) is 59.6 Å². The number of ether oxygens (including phenoxy) is 4. The fourth-order valence-corrected chi connectivity index (χ4v) is 7.37. The van der Waals surface area contributed by atoms with Gasteiger partial charge in [-0.05, 0) is 77.3 Å². The van der Waals surface area contributed by atoms with Crippen molar-refractivity contribution in [3.63, 3.8) is 0 Å². The number of hydrogen-bond donors (Lipinski definition) is 4. The van der Waals surface area contributed by atoms with Crippen molar-refractivity contribution in [2.45, 2.75) is 89.5 Å². The molecule has 2 aliphatic rings. The molecule has 0 spiro atoms. The molecule has 0 saturated heterocycles. The Kier molecular flexibility index (Phi) is 13.5.